The molecule has 48 heavy (non-hydrogen) atoms. The van der Waals surface area contributed by atoms with Gasteiger partial charge in [0.1, 0.15) is 38.3 Å². The molecular formula is C37H38N2O9. The average molecular weight is 655 g/mol. The Hall–Kier alpha value is -5.39. The van der Waals surface area contributed by atoms with Gasteiger partial charge in [-0.1, -0.05) is 91.0 Å². The predicted octanol–water partition coefficient (Wildman–Crippen LogP) is 5.95. The van der Waals surface area contributed by atoms with E-state index >= 15 is 0 Å². The number of amides is 2. The minimum Gasteiger partial charge on any atom is -0.489 e. The highest BCUT2D eigenvalue weighted by Gasteiger charge is 2.49. The van der Waals surface area contributed by atoms with Crippen molar-refractivity contribution in [3.63, 3.8) is 0 Å². The van der Waals surface area contributed by atoms with E-state index in [0.717, 1.165) is 16.7 Å². The molecule has 2 saturated heterocycles. The van der Waals surface area contributed by atoms with E-state index in [4.69, 9.17) is 23.7 Å². The molecule has 11 heteroatoms. The smallest absolute Gasteiger partial charge is 0.413 e. The molecule has 0 spiro atoms. The highest BCUT2D eigenvalue weighted by atomic mass is 16.7. The number of carbonyl (C=O) groups excluding carboxylic acids is 3. The molecule has 3 atom stereocenters. The second-order valence-electron chi connectivity index (χ2n) is 11.2. The average Bonchev–Trinajstić information content (AvgIpc) is 3.63. The lowest BCUT2D eigenvalue weighted by Crippen LogP contribution is -2.43. The Morgan fingerprint density at radius 2 is 1.19 bits per heavy atom. The lowest BCUT2D eigenvalue weighted by molar-refractivity contribution is -0.185. The van der Waals surface area contributed by atoms with Gasteiger partial charge >= 0.3 is 18.2 Å². The lowest BCUT2D eigenvalue weighted by atomic mass is 9.99. The van der Waals surface area contributed by atoms with Gasteiger partial charge in [-0.25, -0.2) is 14.4 Å². The van der Waals surface area contributed by atoms with Crippen molar-refractivity contribution in [2.24, 2.45) is 0 Å². The van der Waals surface area contributed by atoms with Gasteiger partial charge in [0.25, 0.3) is 0 Å². The third-order valence-electron chi connectivity index (χ3n) is 8.01. The van der Waals surface area contributed by atoms with Crippen LogP contribution in [0.1, 0.15) is 36.1 Å². The van der Waals surface area contributed by atoms with Crippen LogP contribution in [0.15, 0.2) is 115 Å². The molecule has 2 fully saturated rings. The number of carbonyl (C=O) groups is 3. The molecule has 0 saturated carbocycles. The maximum atomic E-state index is 12.5. The first-order valence-electron chi connectivity index (χ1n) is 15.5. The molecule has 2 heterocycles. The Morgan fingerprint density at radius 1 is 0.708 bits per heavy atom. The van der Waals surface area contributed by atoms with E-state index < -0.39 is 36.0 Å². The summed E-state index contributed by atoms with van der Waals surface area (Å²) in [6.07, 6.45) is -1.07. The first kappa shape index (κ1) is 34.0. The highest BCUT2D eigenvalue weighted by Crippen LogP contribution is 2.36. The number of hydrogen-bond donors (Lipinski definition) is 1. The molecule has 0 aromatic heterocycles. The van der Waals surface area contributed by atoms with E-state index in [2.05, 4.69) is 0 Å². The zero-order valence-corrected chi connectivity index (χ0v) is 26.8. The summed E-state index contributed by atoms with van der Waals surface area (Å²) in [6.45, 7) is 4.06. The van der Waals surface area contributed by atoms with Crippen LogP contribution in [0.4, 0.5) is 9.59 Å². The summed E-state index contributed by atoms with van der Waals surface area (Å²) in [5, 5.41) is 11.1. The first-order chi connectivity index (χ1) is 23.2. The van der Waals surface area contributed by atoms with Crippen LogP contribution in [0.3, 0.4) is 0 Å². The molecule has 6 rings (SSSR count). The first-order valence-corrected chi connectivity index (χ1v) is 15.5. The molecule has 1 unspecified atom stereocenters. The van der Waals surface area contributed by atoms with Crippen LogP contribution < -0.4 is 4.74 Å². The summed E-state index contributed by atoms with van der Waals surface area (Å²) in [5.74, 6) is -1.34. The molecule has 0 radical (unpaired) electrons. The minimum atomic E-state index is -1.62. The van der Waals surface area contributed by atoms with Gasteiger partial charge in [-0.2, -0.15) is 0 Å². The summed E-state index contributed by atoms with van der Waals surface area (Å²) in [7, 11) is 0. The van der Waals surface area contributed by atoms with E-state index in [0.29, 0.717) is 17.9 Å². The number of cyclic esters (lactones) is 1. The molecule has 2 aliphatic heterocycles. The zero-order chi connectivity index (χ0) is 33.9. The summed E-state index contributed by atoms with van der Waals surface area (Å²) in [5.41, 5.74) is 3.41. The van der Waals surface area contributed by atoms with Crippen molar-refractivity contribution in [1.29, 1.82) is 0 Å². The van der Waals surface area contributed by atoms with Crippen LogP contribution >= 0.6 is 0 Å². The number of ether oxygens (including phenoxy) is 5. The monoisotopic (exact) mass is 654 g/mol. The van der Waals surface area contributed by atoms with E-state index in [1.807, 2.05) is 91.0 Å². The van der Waals surface area contributed by atoms with E-state index in [-0.39, 0.29) is 26.7 Å². The highest BCUT2D eigenvalue weighted by molar-refractivity contribution is 5.83. The Balaban J connectivity index is 0.000000224. The van der Waals surface area contributed by atoms with Gasteiger partial charge in [0, 0.05) is 5.56 Å². The third kappa shape index (κ3) is 8.49. The number of nitrogens with zero attached hydrogens (tertiary/aromatic N) is 2. The van der Waals surface area contributed by atoms with Crippen molar-refractivity contribution in [2.75, 3.05) is 13.5 Å². The zero-order valence-electron chi connectivity index (χ0n) is 26.8. The van der Waals surface area contributed by atoms with Gasteiger partial charge in [-0.05, 0) is 54.8 Å². The van der Waals surface area contributed by atoms with Crippen LogP contribution in [-0.2, 0) is 49.3 Å². The van der Waals surface area contributed by atoms with Crippen LogP contribution in [0, 0.1) is 0 Å². The number of esters is 1. The molecule has 2 amide bonds. The summed E-state index contributed by atoms with van der Waals surface area (Å²) >= 11 is 0. The predicted molar refractivity (Wildman–Crippen MR) is 174 cm³/mol. The molecule has 4 aromatic carbocycles. The van der Waals surface area contributed by atoms with Crippen LogP contribution in [0.2, 0.25) is 0 Å². The minimum absolute atomic E-state index is 0.0341. The van der Waals surface area contributed by atoms with Gasteiger partial charge in [0.05, 0.1) is 6.04 Å². The van der Waals surface area contributed by atoms with Crippen molar-refractivity contribution in [3.05, 3.63) is 138 Å². The normalized spacial score (nSPS) is 19.9. The Kier molecular flexibility index (Phi) is 11.3. The summed E-state index contributed by atoms with van der Waals surface area (Å²) < 4.78 is 26.6. The number of hydrogen-bond acceptors (Lipinski definition) is 9. The molecule has 0 bridgehead atoms. The van der Waals surface area contributed by atoms with Crippen molar-refractivity contribution < 1.29 is 43.2 Å². The van der Waals surface area contributed by atoms with Crippen LogP contribution in [0.5, 0.6) is 5.75 Å². The molecule has 0 aliphatic carbocycles. The molecule has 11 nitrogen and oxygen atoms in total. The Morgan fingerprint density at radius 3 is 1.67 bits per heavy atom. The van der Waals surface area contributed by atoms with E-state index in [1.54, 1.807) is 38.1 Å². The molecular weight excluding hydrogens is 616 g/mol. The fourth-order valence-corrected chi connectivity index (χ4v) is 4.99. The number of aliphatic hydroxyl groups is 1. The molecule has 4 aromatic rings. The van der Waals surface area contributed by atoms with Gasteiger partial charge in [-0.15, -0.1) is 0 Å². The second kappa shape index (κ2) is 15.9. The summed E-state index contributed by atoms with van der Waals surface area (Å²) in [4.78, 5) is 37.9. The lowest BCUT2D eigenvalue weighted by Gasteiger charge is -2.28. The van der Waals surface area contributed by atoms with Gasteiger partial charge < -0.3 is 28.8 Å². The fourth-order valence-electron chi connectivity index (χ4n) is 4.99. The quantitative estimate of drug-likeness (QED) is 0.181. The fraction of sp³-hybridized carbons (Fsp3) is 0.270. The van der Waals surface area contributed by atoms with Crippen molar-refractivity contribution in [3.8, 4) is 5.75 Å². The van der Waals surface area contributed by atoms with E-state index in [9.17, 15) is 19.5 Å². The Labute approximate surface area is 279 Å². The standard InChI is InChI=1S/C25H25NO5.C12H13NO4/c1-19-25(28,31-18-26(19)24(27)30-17-21-10-6-3-7-11-21)22-12-14-23(15-13-22)29-16-20-8-4-2-5-9-20;1-9-11(14)17-8-13(9)12(15)16-7-10-5-3-2-4-6-10/h2-15,19,28H,16-18H2,1H3;2-6,9H,7-8H2,1H3/t19-,25?;9-/m11/s1. The van der Waals surface area contributed by atoms with Gasteiger partial charge in [-0.3, -0.25) is 9.80 Å². The van der Waals surface area contributed by atoms with Gasteiger partial charge in [0.2, 0.25) is 5.79 Å². The van der Waals surface area contributed by atoms with Crippen molar-refractivity contribution in [1.82, 2.24) is 9.80 Å². The van der Waals surface area contributed by atoms with Crippen molar-refractivity contribution >= 4 is 18.2 Å². The van der Waals surface area contributed by atoms with Gasteiger partial charge in [0.15, 0.2) is 6.73 Å². The topological polar surface area (TPSA) is 124 Å². The van der Waals surface area contributed by atoms with Crippen LogP contribution in [-0.4, -0.2) is 58.6 Å². The third-order valence-corrected chi connectivity index (χ3v) is 8.01. The second-order valence-corrected chi connectivity index (χ2v) is 11.2. The van der Waals surface area contributed by atoms with E-state index in [1.165, 1.54) is 9.80 Å². The summed E-state index contributed by atoms with van der Waals surface area (Å²) in [6, 6.07) is 34.5. The molecule has 2 aliphatic rings. The Bertz CT molecular complexity index is 1640. The molecule has 1 N–H and O–H groups in total. The van der Waals surface area contributed by atoms with Crippen LogP contribution in [0.25, 0.3) is 0 Å². The van der Waals surface area contributed by atoms with Crippen molar-refractivity contribution in [2.45, 2.75) is 51.5 Å². The maximum absolute atomic E-state index is 12.5. The SMILES string of the molecule is C[C@@H]1C(=O)OCN1C(=O)OCc1ccccc1.C[C@H]1N(C(=O)OCc2ccccc2)COC1(O)c1ccc(OCc2ccccc2)cc1. The number of benzene rings is 4. The number of rotatable bonds is 8. The molecule has 250 valence electrons. The largest absolute Gasteiger partial charge is 0.489 e. The maximum Gasteiger partial charge on any atom is 0.413 e.